The second-order valence-electron chi connectivity index (χ2n) is 6.21. The SMILES string of the molecule is CC1OCCC1N(C)C(=O)C1(C(N)=S)CCCCCC1. The molecule has 2 unspecified atom stereocenters. The quantitative estimate of drug-likeness (QED) is 0.641. The molecule has 114 valence electrons. The average Bonchev–Trinajstić information content (AvgIpc) is 2.70. The third-order valence-electron chi connectivity index (χ3n) is 4.99. The van der Waals surface area contributed by atoms with Crippen LogP contribution in [0.4, 0.5) is 0 Å². The summed E-state index contributed by atoms with van der Waals surface area (Å²) in [6.45, 7) is 2.76. The number of carbonyl (C=O) groups excluding carboxylic acids is 1. The van der Waals surface area contributed by atoms with Crippen molar-refractivity contribution in [2.75, 3.05) is 13.7 Å². The summed E-state index contributed by atoms with van der Waals surface area (Å²) in [4.78, 5) is 15.3. The Morgan fingerprint density at radius 2 is 1.90 bits per heavy atom. The molecule has 0 spiro atoms. The molecule has 1 amide bonds. The molecule has 2 fully saturated rings. The van der Waals surface area contributed by atoms with E-state index >= 15 is 0 Å². The van der Waals surface area contributed by atoms with Crippen LogP contribution in [0.2, 0.25) is 0 Å². The van der Waals surface area contributed by atoms with Gasteiger partial charge in [-0.25, -0.2) is 0 Å². The molecule has 4 nitrogen and oxygen atoms in total. The fraction of sp³-hybridized carbons (Fsp3) is 0.867. The van der Waals surface area contributed by atoms with Crippen LogP contribution >= 0.6 is 12.2 Å². The first-order chi connectivity index (χ1) is 9.49. The van der Waals surface area contributed by atoms with Gasteiger partial charge in [-0.05, 0) is 26.2 Å². The number of nitrogens with zero attached hydrogens (tertiary/aromatic N) is 1. The lowest BCUT2D eigenvalue weighted by Gasteiger charge is -2.37. The maximum absolute atomic E-state index is 13.0. The van der Waals surface area contributed by atoms with Gasteiger partial charge in [-0.1, -0.05) is 37.9 Å². The molecule has 0 aromatic heterocycles. The van der Waals surface area contributed by atoms with Crippen LogP contribution in [-0.2, 0) is 9.53 Å². The van der Waals surface area contributed by atoms with E-state index in [-0.39, 0.29) is 18.1 Å². The summed E-state index contributed by atoms with van der Waals surface area (Å²) in [7, 11) is 1.88. The first-order valence-corrected chi connectivity index (χ1v) is 8.08. The fourth-order valence-corrected chi connectivity index (χ4v) is 3.91. The van der Waals surface area contributed by atoms with Crippen LogP contribution in [0.3, 0.4) is 0 Å². The zero-order chi connectivity index (χ0) is 14.8. The summed E-state index contributed by atoms with van der Waals surface area (Å²) in [5.74, 6) is 0.106. The summed E-state index contributed by atoms with van der Waals surface area (Å²) in [5, 5.41) is 0. The van der Waals surface area contributed by atoms with Crippen molar-refractivity contribution in [3.05, 3.63) is 0 Å². The van der Waals surface area contributed by atoms with E-state index in [9.17, 15) is 4.79 Å². The van der Waals surface area contributed by atoms with E-state index < -0.39 is 5.41 Å². The predicted molar refractivity (Wildman–Crippen MR) is 83.5 cm³/mol. The molecule has 2 N–H and O–H groups in total. The Morgan fingerprint density at radius 1 is 1.30 bits per heavy atom. The number of thiocarbonyl (C=S) groups is 1. The molecule has 0 aromatic carbocycles. The number of carbonyl (C=O) groups is 1. The minimum absolute atomic E-state index is 0.0955. The van der Waals surface area contributed by atoms with Crippen LogP contribution in [0.25, 0.3) is 0 Å². The normalized spacial score (nSPS) is 29.7. The maximum Gasteiger partial charge on any atom is 0.235 e. The third-order valence-corrected chi connectivity index (χ3v) is 5.38. The van der Waals surface area contributed by atoms with Gasteiger partial charge < -0.3 is 15.4 Å². The molecule has 0 radical (unpaired) electrons. The van der Waals surface area contributed by atoms with Gasteiger partial charge in [0.2, 0.25) is 5.91 Å². The van der Waals surface area contributed by atoms with Crippen molar-refractivity contribution < 1.29 is 9.53 Å². The molecular weight excluding hydrogens is 272 g/mol. The van der Waals surface area contributed by atoms with Crippen LogP contribution in [0.5, 0.6) is 0 Å². The molecule has 1 saturated carbocycles. The van der Waals surface area contributed by atoms with E-state index in [4.69, 9.17) is 22.7 Å². The number of ether oxygens (including phenoxy) is 1. The lowest BCUT2D eigenvalue weighted by atomic mass is 9.78. The van der Waals surface area contributed by atoms with Crippen LogP contribution < -0.4 is 5.73 Å². The van der Waals surface area contributed by atoms with Gasteiger partial charge >= 0.3 is 0 Å². The van der Waals surface area contributed by atoms with Crippen LogP contribution in [-0.4, -0.2) is 41.6 Å². The first-order valence-electron chi connectivity index (χ1n) is 7.68. The fourth-order valence-electron chi connectivity index (χ4n) is 3.61. The molecule has 1 saturated heterocycles. The number of rotatable bonds is 3. The zero-order valence-electron chi connectivity index (χ0n) is 12.6. The second-order valence-corrected chi connectivity index (χ2v) is 6.65. The van der Waals surface area contributed by atoms with E-state index in [1.54, 1.807) is 0 Å². The van der Waals surface area contributed by atoms with Crippen molar-refractivity contribution in [2.45, 2.75) is 64.0 Å². The number of amides is 1. The predicted octanol–water partition coefficient (Wildman–Crippen LogP) is 2.25. The van der Waals surface area contributed by atoms with E-state index in [0.717, 1.165) is 38.7 Å². The van der Waals surface area contributed by atoms with E-state index in [0.29, 0.717) is 4.99 Å². The highest BCUT2D eigenvalue weighted by Crippen LogP contribution is 2.38. The van der Waals surface area contributed by atoms with Gasteiger partial charge in [0, 0.05) is 13.7 Å². The Labute approximate surface area is 127 Å². The third kappa shape index (κ3) is 2.84. The van der Waals surface area contributed by atoms with Crippen LogP contribution in [0.15, 0.2) is 0 Å². The van der Waals surface area contributed by atoms with Crippen molar-refractivity contribution in [3.63, 3.8) is 0 Å². The van der Waals surface area contributed by atoms with Gasteiger partial charge in [-0.3, -0.25) is 4.79 Å². The minimum atomic E-state index is -0.622. The molecule has 20 heavy (non-hydrogen) atoms. The van der Waals surface area contributed by atoms with Crippen LogP contribution in [0, 0.1) is 5.41 Å². The van der Waals surface area contributed by atoms with Crippen molar-refractivity contribution in [1.82, 2.24) is 4.90 Å². The molecule has 0 bridgehead atoms. The Bertz CT molecular complexity index is 378. The molecule has 0 aromatic rings. The van der Waals surface area contributed by atoms with Crippen molar-refractivity contribution in [3.8, 4) is 0 Å². The monoisotopic (exact) mass is 298 g/mol. The van der Waals surface area contributed by atoms with Crippen molar-refractivity contribution in [1.29, 1.82) is 0 Å². The highest BCUT2D eigenvalue weighted by Gasteiger charge is 2.45. The van der Waals surface area contributed by atoms with E-state index in [1.165, 1.54) is 12.8 Å². The summed E-state index contributed by atoms with van der Waals surface area (Å²) >= 11 is 5.29. The Kier molecular flexibility index (Phi) is 5.02. The van der Waals surface area contributed by atoms with Gasteiger partial charge in [-0.2, -0.15) is 0 Å². The topological polar surface area (TPSA) is 55.6 Å². The van der Waals surface area contributed by atoms with E-state index in [2.05, 4.69) is 0 Å². The summed E-state index contributed by atoms with van der Waals surface area (Å²) in [6, 6.07) is 0.150. The molecule has 5 heteroatoms. The van der Waals surface area contributed by atoms with Gasteiger partial charge in [0.05, 0.1) is 22.5 Å². The molecule has 2 atom stereocenters. The highest BCUT2D eigenvalue weighted by atomic mass is 32.1. The largest absolute Gasteiger partial charge is 0.392 e. The average molecular weight is 298 g/mol. The lowest BCUT2D eigenvalue weighted by molar-refractivity contribution is -0.140. The van der Waals surface area contributed by atoms with Crippen LogP contribution in [0.1, 0.15) is 51.9 Å². The standard InChI is InChI=1S/C15H26N2O2S/c1-11-12(7-10-19-11)17(2)14(18)15(13(16)20)8-5-3-4-6-9-15/h11-12H,3-10H2,1-2H3,(H2,16,20). The van der Waals surface area contributed by atoms with E-state index in [1.807, 2.05) is 18.9 Å². The smallest absolute Gasteiger partial charge is 0.235 e. The zero-order valence-corrected chi connectivity index (χ0v) is 13.4. The van der Waals surface area contributed by atoms with Gasteiger partial charge in [0.1, 0.15) is 0 Å². The molecule has 2 aliphatic rings. The Hall–Kier alpha value is -0.680. The highest BCUT2D eigenvalue weighted by molar-refractivity contribution is 7.80. The minimum Gasteiger partial charge on any atom is -0.392 e. The van der Waals surface area contributed by atoms with Gasteiger partial charge in [-0.15, -0.1) is 0 Å². The number of hydrogen-bond acceptors (Lipinski definition) is 3. The molecule has 1 aliphatic heterocycles. The first kappa shape index (κ1) is 15.7. The Morgan fingerprint density at radius 3 is 2.35 bits per heavy atom. The Balaban J connectivity index is 2.19. The number of hydrogen-bond donors (Lipinski definition) is 1. The number of likely N-dealkylation sites (N-methyl/N-ethyl adjacent to an activating group) is 1. The molecule has 2 rings (SSSR count). The van der Waals surface area contributed by atoms with Gasteiger partial charge in [0.25, 0.3) is 0 Å². The lowest BCUT2D eigenvalue weighted by Crippen LogP contribution is -2.53. The molecular formula is C15H26N2O2S. The second kappa shape index (κ2) is 6.39. The molecule has 1 heterocycles. The van der Waals surface area contributed by atoms with Crippen molar-refractivity contribution >= 4 is 23.1 Å². The summed E-state index contributed by atoms with van der Waals surface area (Å²) < 4.78 is 5.58. The van der Waals surface area contributed by atoms with Gasteiger partial charge in [0.15, 0.2) is 0 Å². The van der Waals surface area contributed by atoms with Crippen molar-refractivity contribution in [2.24, 2.45) is 11.1 Å². The maximum atomic E-state index is 13.0. The summed E-state index contributed by atoms with van der Waals surface area (Å²) in [5.41, 5.74) is 5.37. The number of nitrogens with two attached hydrogens (primary N) is 1. The summed E-state index contributed by atoms with van der Waals surface area (Å²) in [6.07, 6.45) is 7.01. The molecule has 1 aliphatic carbocycles.